The zero-order valence-corrected chi connectivity index (χ0v) is 11.0. The Hall–Kier alpha value is -2.15. The molecule has 100 valence electrons. The predicted molar refractivity (Wildman–Crippen MR) is 71.3 cm³/mol. The van der Waals surface area contributed by atoms with Crippen LogP contribution in [-0.4, -0.2) is 26.2 Å². The minimum absolute atomic E-state index is 0.0874. The SMILES string of the molecule is Cn1cc(CCNc2nc(Cl)ccc2[N+](=O)[O-])cn1. The summed E-state index contributed by atoms with van der Waals surface area (Å²) in [6.45, 7) is 0.514. The van der Waals surface area contributed by atoms with Gasteiger partial charge in [-0.05, 0) is 18.1 Å². The second-order valence-corrected chi connectivity index (χ2v) is 4.35. The van der Waals surface area contributed by atoms with E-state index in [9.17, 15) is 10.1 Å². The van der Waals surface area contributed by atoms with Gasteiger partial charge in [-0.3, -0.25) is 14.8 Å². The van der Waals surface area contributed by atoms with Crippen molar-refractivity contribution < 1.29 is 4.92 Å². The first-order chi connectivity index (χ1) is 9.06. The van der Waals surface area contributed by atoms with Gasteiger partial charge in [-0.25, -0.2) is 4.98 Å². The average molecular weight is 282 g/mol. The van der Waals surface area contributed by atoms with E-state index >= 15 is 0 Å². The molecule has 2 heterocycles. The Labute approximate surface area is 114 Å². The molecule has 0 aliphatic rings. The van der Waals surface area contributed by atoms with Crippen LogP contribution >= 0.6 is 11.6 Å². The largest absolute Gasteiger partial charge is 0.364 e. The number of aromatic nitrogens is 3. The monoisotopic (exact) mass is 281 g/mol. The van der Waals surface area contributed by atoms with Gasteiger partial charge >= 0.3 is 5.69 Å². The molecule has 7 nitrogen and oxygen atoms in total. The molecule has 0 aromatic carbocycles. The normalized spacial score (nSPS) is 10.4. The molecule has 19 heavy (non-hydrogen) atoms. The van der Waals surface area contributed by atoms with Gasteiger partial charge in [0.2, 0.25) is 5.82 Å². The molecule has 0 atom stereocenters. The first-order valence-corrected chi connectivity index (χ1v) is 5.96. The Kier molecular flexibility index (Phi) is 3.96. The summed E-state index contributed by atoms with van der Waals surface area (Å²) in [4.78, 5) is 14.3. The van der Waals surface area contributed by atoms with E-state index in [4.69, 9.17) is 11.6 Å². The number of anilines is 1. The summed E-state index contributed by atoms with van der Waals surface area (Å²) < 4.78 is 1.70. The van der Waals surface area contributed by atoms with Crippen molar-refractivity contribution in [2.75, 3.05) is 11.9 Å². The molecule has 0 amide bonds. The van der Waals surface area contributed by atoms with Crippen molar-refractivity contribution in [2.45, 2.75) is 6.42 Å². The second kappa shape index (κ2) is 5.66. The summed E-state index contributed by atoms with van der Waals surface area (Å²) >= 11 is 5.73. The molecule has 0 bridgehead atoms. The lowest BCUT2D eigenvalue weighted by Gasteiger charge is -2.05. The fraction of sp³-hybridized carbons (Fsp3) is 0.273. The number of hydrogen-bond acceptors (Lipinski definition) is 5. The van der Waals surface area contributed by atoms with Crippen molar-refractivity contribution in [1.29, 1.82) is 0 Å². The van der Waals surface area contributed by atoms with Crippen LogP contribution in [0.15, 0.2) is 24.5 Å². The van der Waals surface area contributed by atoms with Crippen LogP contribution in [0.5, 0.6) is 0 Å². The van der Waals surface area contributed by atoms with E-state index in [-0.39, 0.29) is 16.7 Å². The van der Waals surface area contributed by atoms with Crippen molar-refractivity contribution in [3.63, 3.8) is 0 Å². The van der Waals surface area contributed by atoms with Crippen molar-refractivity contribution in [3.8, 4) is 0 Å². The maximum Gasteiger partial charge on any atom is 0.311 e. The third kappa shape index (κ3) is 3.41. The topological polar surface area (TPSA) is 85.9 Å². The summed E-state index contributed by atoms with van der Waals surface area (Å²) in [7, 11) is 1.83. The van der Waals surface area contributed by atoms with Gasteiger partial charge in [-0.1, -0.05) is 11.6 Å². The molecule has 0 aliphatic heterocycles. The third-order valence-corrected chi connectivity index (χ3v) is 2.71. The molecule has 0 aliphatic carbocycles. The molecule has 8 heteroatoms. The van der Waals surface area contributed by atoms with Gasteiger partial charge < -0.3 is 5.32 Å². The van der Waals surface area contributed by atoms with Crippen LogP contribution in [0.4, 0.5) is 11.5 Å². The highest BCUT2D eigenvalue weighted by atomic mass is 35.5. The maximum atomic E-state index is 10.8. The number of nitro groups is 1. The van der Waals surface area contributed by atoms with E-state index in [1.807, 2.05) is 13.2 Å². The molecular formula is C11H12ClN5O2. The van der Waals surface area contributed by atoms with Crippen LogP contribution < -0.4 is 5.32 Å². The third-order valence-electron chi connectivity index (χ3n) is 2.50. The van der Waals surface area contributed by atoms with Gasteiger partial charge in [0.1, 0.15) is 5.15 Å². The first kappa shape index (κ1) is 13.3. The number of halogens is 1. The molecule has 2 aromatic rings. The number of rotatable bonds is 5. The summed E-state index contributed by atoms with van der Waals surface area (Å²) in [6, 6.07) is 2.73. The zero-order chi connectivity index (χ0) is 13.8. The Balaban J connectivity index is 2.02. The molecular weight excluding hydrogens is 270 g/mol. The van der Waals surface area contributed by atoms with Gasteiger partial charge in [-0.15, -0.1) is 0 Å². The minimum Gasteiger partial charge on any atom is -0.364 e. The minimum atomic E-state index is -0.490. The highest BCUT2D eigenvalue weighted by Gasteiger charge is 2.15. The van der Waals surface area contributed by atoms with Crippen LogP contribution in [0.3, 0.4) is 0 Å². The van der Waals surface area contributed by atoms with Crippen LogP contribution in [0.25, 0.3) is 0 Å². The van der Waals surface area contributed by atoms with Crippen molar-refractivity contribution in [1.82, 2.24) is 14.8 Å². The van der Waals surface area contributed by atoms with Crippen molar-refractivity contribution >= 4 is 23.1 Å². The number of nitrogens with one attached hydrogen (secondary N) is 1. The number of nitrogens with zero attached hydrogens (tertiary/aromatic N) is 4. The van der Waals surface area contributed by atoms with Gasteiger partial charge in [0.05, 0.1) is 11.1 Å². The molecule has 0 unspecified atom stereocenters. The first-order valence-electron chi connectivity index (χ1n) is 5.58. The molecule has 2 rings (SSSR count). The Morgan fingerprint density at radius 2 is 2.32 bits per heavy atom. The Morgan fingerprint density at radius 1 is 1.53 bits per heavy atom. The van der Waals surface area contributed by atoms with E-state index < -0.39 is 4.92 Å². The lowest BCUT2D eigenvalue weighted by molar-refractivity contribution is -0.384. The summed E-state index contributed by atoms with van der Waals surface area (Å²) in [5, 5.41) is 18.0. The lowest BCUT2D eigenvalue weighted by Crippen LogP contribution is -2.08. The quantitative estimate of drug-likeness (QED) is 0.515. The van der Waals surface area contributed by atoms with Gasteiger partial charge in [0.25, 0.3) is 0 Å². The van der Waals surface area contributed by atoms with E-state index in [0.29, 0.717) is 13.0 Å². The molecule has 0 spiro atoms. The van der Waals surface area contributed by atoms with E-state index in [2.05, 4.69) is 15.4 Å². The van der Waals surface area contributed by atoms with E-state index in [1.165, 1.54) is 12.1 Å². The number of aryl methyl sites for hydroxylation is 1. The molecule has 0 fully saturated rings. The molecule has 1 N–H and O–H groups in total. The Bertz CT molecular complexity index is 599. The lowest BCUT2D eigenvalue weighted by atomic mass is 10.2. The van der Waals surface area contributed by atoms with Crippen molar-refractivity contribution in [2.24, 2.45) is 7.05 Å². The fourth-order valence-electron chi connectivity index (χ4n) is 1.63. The van der Waals surface area contributed by atoms with E-state index in [1.54, 1.807) is 10.9 Å². The average Bonchev–Trinajstić information content (AvgIpc) is 2.75. The molecule has 2 aromatic heterocycles. The molecule has 0 saturated heterocycles. The summed E-state index contributed by atoms with van der Waals surface area (Å²) in [5.74, 6) is 0.182. The highest BCUT2D eigenvalue weighted by Crippen LogP contribution is 2.23. The van der Waals surface area contributed by atoms with Crippen LogP contribution in [-0.2, 0) is 13.5 Å². The Morgan fingerprint density at radius 3 is 2.95 bits per heavy atom. The van der Waals surface area contributed by atoms with Crippen molar-refractivity contribution in [3.05, 3.63) is 45.4 Å². The smallest absolute Gasteiger partial charge is 0.311 e. The molecule has 0 saturated carbocycles. The number of pyridine rings is 1. The fourth-order valence-corrected chi connectivity index (χ4v) is 1.78. The highest BCUT2D eigenvalue weighted by molar-refractivity contribution is 6.29. The van der Waals surface area contributed by atoms with Gasteiger partial charge in [0.15, 0.2) is 0 Å². The van der Waals surface area contributed by atoms with Crippen LogP contribution in [0.1, 0.15) is 5.56 Å². The van der Waals surface area contributed by atoms with Crippen LogP contribution in [0, 0.1) is 10.1 Å². The zero-order valence-electron chi connectivity index (χ0n) is 10.2. The maximum absolute atomic E-state index is 10.8. The number of hydrogen-bond donors (Lipinski definition) is 1. The van der Waals surface area contributed by atoms with Crippen LogP contribution in [0.2, 0.25) is 5.15 Å². The van der Waals surface area contributed by atoms with Gasteiger partial charge in [-0.2, -0.15) is 5.10 Å². The van der Waals surface area contributed by atoms with Gasteiger partial charge in [0, 0.05) is 25.9 Å². The molecule has 0 radical (unpaired) electrons. The summed E-state index contributed by atoms with van der Waals surface area (Å²) in [5.41, 5.74) is 0.954. The van der Waals surface area contributed by atoms with E-state index in [0.717, 1.165) is 5.56 Å². The summed E-state index contributed by atoms with van der Waals surface area (Å²) in [6.07, 6.45) is 4.34. The second-order valence-electron chi connectivity index (χ2n) is 3.96. The standard InChI is InChI=1S/C11H12ClN5O2/c1-16-7-8(6-14-16)4-5-13-11-9(17(18)19)2-3-10(12)15-11/h2-3,6-7H,4-5H2,1H3,(H,13,15). The predicted octanol–water partition coefficient (Wildman–Crippen LogP) is 2.03.